The number of aryl methyl sites for hydroxylation is 1. The zero-order valence-electron chi connectivity index (χ0n) is 13.3. The average Bonchev–Trinajstić information content (AvgIpc) is 3.14. The van der Waals surface area contributed by atoms with Gasteiger partial charge in [0.2, 0.25) is 0 Å². The lowest BCUT2D eigenvalue weighted by atomic mass is 10.2. The van der Waals surface area contributed by atoms with Crippen LogP contribution in [0.3, 0.4) is 0 Å². The molecule has 0 fully saturated rings. The summed E-state index contributed by atoms with van der Waals surface area (Å²) in [6.45, 7) is 0.276. The minimum atomic E-state index is -0.876. The molecule has 132 valence electrons. The number of nitrogens with one attached hydrogen (secondary N) is 1. The summed E-state index contributed by atoms with van der Waals surface area (Å²) in [4.78, 5) is 19.1. The summed E-state index contributed by atoms with van der Waals surface area (Å²) in [6.07, 6.45) is -0.0233. The van der Waals surface area contributed by atoms with Gasteiger partial charge in [-0.15, -0.1) is 0 Å². The van der Waals surface area contributed by atoms with Gasteiger partial charge in [-0.2, -0.15) is 0 Å². The first-order valence-corrected chi connectivity index (χ1v) is 9.33. The molecule has 8 heteroatoms. The number of benzene rings is 2. The van der Waals surface area contributed by atoms with Crippen molar-refractivity contribution in [1.29, 1.82) is 0 Å². The average molecular weight is 453 g/mol. The largest absolute Gasteiger partial charge is 0.481 e. The number of carbonyl (C=O) groups is 1. The van der Waals surface area contributed by atoms with Crippen molar-refractivity contribution in [3.8, 4) is 11.5 Å². The van der Waals surface area contributed by atoms with Crippen molar-refractivity contribution in [3.63, 3.8) is 0 Å². The molecular weight excluding hydrogens is 441 g/mol. The Morgan fingerprint density at radius 2 is 1.96 bits per heavy atom. The van der Waals surface area contributed by atoms with E-state index in [1.165, 1.54) is 0 Å². The van der Waals surface area contributed by atoms with Crippen molar-refractivity contribution in [2.24, 2.45) is 0 Å². The number of hydrogen-bond acceptors (Lipinski definition) is 2. The van der Waals surface area contributed by atoms with E-state index in [0.29, 0.717) is 21.4 Å². The second-order valence-electron chi connectivity index (χ2n) is 5.90. The van der Waals surface area contributed by atoms with Gasteiger partial charge >= 0.3 is 5.97 Å². The molecule has 0 atom stereocenters. The molecule has 2 heterocycles. The second kappa shape index (κ2) is 6.61. The van der Waals surface area contributed by atoms with Crippen molar-refractivity contribution in [2.75, 3.05) is 0 Å². The molecule has 0 aliphatic rings. The third-order valence-electron chi connectivity index (χ3n) is 4.16. The number of carboxylic acids is 1. The number of nitrogens with zero attached hydrogens (tertiary/aromatic N) is 2. The van der Waals surface area contributed by atoms with E-state index >= 15 is 0 Å². The first kappa shape index (κ1) is 17.4. The van der Waals surface area contributed by atoms with Crippen molar-refractivity contribution in [3.05, 3.63) is 50.9 Å². The summed E-state index contributed by atoms with van der Waals surface area (Å²) in [5.41, 5.74) is 3.17. The van der Waals surface area contributed by atoms with E-state index in [1.807, 2.05) is 28.8 Å². The Balaban J connectivity index is 1.93. The van der Waals surface area contributed by atoms with Crippen LogP contribution in [-0.2, 0) is 11.3 Å². The van der Waals surface area contributed by atoms with Gasteiger partial charge in [-0.3, -0.25) is 4.79 Å². The number of hydrogen-bond donors (Lipinski definition) is 2. The van der Waals surface area contributed by atoms with Gasteiger partial charge in [-0.05, 0) is 30.3 Å². The smallest absolute Gasteiger partial charge is 0.305 e. The molecule has 4 rings (SSSR count). The third-order valence-corrected chi connectivity index (χ3v) is 5.38. The lowest BCUT2D eigenvalue weighted by Crippen LogP contribution is -2.06. The van der Waals surface area contributed by atoms with E-state index in [-0.39, 0.29) is 13.0 Å². The summed E-state index contributed by atoms with van der Waals surface area (Å²) in [5.74, 6) is -0.231. The van der Waals surface area contributed by atoms with Crippen molar-refractivity contribution in [1.82, 2.24) is 14.5 Å². The zero-order valence-corrected chi connectivity index (χ0v) is 16.4. The molecule has 0 unspecified atom stereocenters. The van der Waals surface area contributed by atoms with Crippen LogP contribution in [0.15, 0.2) is 40.9 Å². The monoisotopic (exact) mass is 451 g/mol. The van der Waals surface area contributed by atoms with E-state index in [4.69, 9.17) is 28.3 Å². The lowest BCUT2D eigenvalue weighted by molar-refractivity contribution is -0.137. The highest BCUT2D eigenvalue weighted by Gasteiger charge is 2.17. The number of aliphatic carboxylic acids is 1. The minimum absolute atomic E-state index is 0.0233. The van der Waals surface area contributed by atoms with Gasteiger partial charge in [0.05, 0.1) is 33.2 Å². The predicted octanol–water partition coefficient (Wildman–Crippen LogP) is 5.73. The van der Waals surface area contributed by atoms with Gasteiger partial charge in [-0.1, -0.05) is 45.2 Å². The highest BCUT2D eigenvalue weighted by molar-refractivity contribution is 9.10. The van der Waals surface area contributed by atoms with Gasteiger partial charge < -0.3 is 14.7 Å². The van der Waals surface area contributed by atoms with Crippen molar-refractivity contribution < 1.29 is 9.90 Å². The van der Waals surface area contributed by atoms with Crippen LogP contribution in [0.2, 0.25) is 10.0 Å². The Morgan fingerprint density at radius 3 is 2.73 bits per heavy atom. The fraction of sp³-hybridized carbons (Fsp3) is 0.111. The van der Waals surface area contributed by atoms with Crippen LogP contribution in [0.1, 0.15) is 6.42 Å². The molecule has 0 spiro atoms. The number of H-pyrrole nitrogens is 1. The van der Waals surface area contributed by atoms with Crippen LogP contribution in [0.25, 0.3) is 33.5 Å². The first-order chi connectivity index (χ1) is 12.4. The topological polar surface area (TPSA) is 70.9 Å². The summed E-state index contributed by atoms with van der Waals surface area (Å²) >= 11 is 15.7. The zero-order chi connectivity index (χ0) is 18.4. The third kappa shape index (κ3) is 3.09. The maximum atomic E-state index is 11.1. The molecule has 0 saturated heterocycles. The highest BCUT2D eigenvalue weighted by Crippen LogP contribution is 2.33. The van der Waals surface area contributed by atoms with E-state index in [9.17, 15) is 4.79 Å². The Bertz CT molecular complexity index is 1170. The molecule has 2 aromatic carbocycles. The Hall–Kier alpha value is -2.02. The maximum absolute atomic E-state index is 11.1. The number of rotatable bonds is 4. The molecule has 2 aromatic heterocycles. The quantitative estimate of drug-likeness (QED) is 0.415. The predicted molar refractivity (Wildman–Crippen MR) is 107 cm³/mol. The summed E-state index contributed by atoms with van der Waals surface area (Å²) in [5, 5.41) is 11.0. The molecule has 0 radical (unpaired) electrons. The second-order valence-corrected chi connectivity index (χ2v) is 7.63. The first-order valence-electron chi connectivity index (χ1n) is 7.78. The normalized spacial score (nSPS) is 11.5. The van der Waals surface area contributed by atoms with Gasteiger partial charge in [-0.25, -0.2) is 4.98 Å². The molecular formula is C18H12BrCl2N3O2. The summed E-state index contributed by atoms with van der Waals surface area (Å²) in [7, 11) is 0. The summed E-state index contributed by atoms with van der Waals surface area (Å²) < 4.78 is 2.82. The SMILES string of the molecule is O=C(O)CCn1c(-c2cc3ccc(Br)cc3[nH]2)nc2cc(Cl)c(Cl)cc21. The molecule has 2 N–H and O–H groups in total. The van der Waals surface area contributed by atoms with Crippen LogP contribution in [0, 0.1) is 0 Å². The number of aromatic amines is 1. The Labute approximate surface area is 166 Å². The molecule has 26 heavy (non-hydrogen) atoms. The van der Waals surface area contributed by atoms with E-state index < -0.39 is 5.97 Å². The number of halogens is 3. The number of imidazole rings is 1. The van der Waals surface area contributed by atoms with Crippen LogP contribution in [0.5, 0.6) is 0 Å². The van der Waals surface area contributed by atoms with E-state index in [0.717, 1.165) is 26.6 Å². The number of aromatic nitrogens is 3. The molecule has 0 bridgehead atoms. The molecule has 0 saturated carbocycles. The molecule has 0 amide bonds. The van der Waals surface area contributed by atoms with Crippen LogP contribution in [-0.4, -0.2) is 25.6 Å². The lowest BCUT2D eigenvalue weighted by Gasteiger charge is -2.07. The van der Waals surface area contributed by atoms with Gasteiger partial charge in [0.1, 0.15) is 0 Å². The van der Waals surface area contributed by atoms with Crippen molar-refractivity contribution in [2.45, 2.75) is 13.0 Å². The molecule has 4 aromatic rings. The molecule has 5 nitrogen and oxygen atoms in total. The molecule has 0 aliphatic carbocycles. The van der Waals surface area contributed by atoms with Crippen LogP contribution in [0.4, 0.5) is 0 Å². The van der Waals surface area contributed by atoms with E-state index in [1.54, 1.807) is 12.1 Å². The van der Waals surface area contributed by atoms with Gasteiger partial charge in [0.25, 0.3) is 0 Å². The van der Waals surface area contributed by atoms with Gasteiger partial charge in [0.15, 0.2) is 5.82 Å². The fourth-order valence-electron chi connectivity index (χ4n) is 2.98. The molecule has 0 aliphatic heterocycles. The van der Waals surface area contributed by atoms with Gasteiger partial charge in [0, 0.05) is 21.9 Å². The Morgan fingerprint density at radius 1 is 1.19 bits per heavy atom. The van der Waals surface area contributed by atoms with Crippen molar-refractivity contribution >= 4 is 67.0 Å². The standard InChI is InChI=1S/C18H12BrCl2N3O2/c19-10-2-1-9-5-15(22-13(9)6-10)18-23-14-7-11(20)12(21)8-16(14)24(18)4-3-17(25)26/h1-2,5-8,22H,3-4H2,(H,25,26). The van der Waals surface area contributed by atoms with Crippen LogP contribution >= 0.6 is 39.1 Å². The fourth-order valence-corrected chi connectivity index (χ4v) is 3.66. The van der Waals surface area contributed by atoms with Crippen LogP contribution < -0.4 is 0 Å². The maximum Gasteiger partial charge on any atom is 0.305 e. The Kier molecular flexibility index (Phi) is 4.42. The minimum Gasteiger partial charge on any atom is -0.481 e. The number of carboxylic acid groups (broad SMARTS) is 1. The van der Waals surface area contributed by atoms with E-state index in [2.05, 4.69) is 25.9 Å². The summed E-state index contributed by atoms with van der Waals surface area (Å²) in [6, 6.07) is 11.3. The highest BCUT2D eigenvalue weighted by atomic mass is 79.9. The number of fused-ring (bicyclic) bond motifs is 2.